The molecule has 0 bridgehead atoms. The van der Waals surface area contributed by atoms with Crippen LogP contribution in [-0.4, -0.2) is 122 Å². The van der Waals surface area contributed by atoms with Crippen molar-refractivity contribution in [3.8, 4) is 0 Å². The molecule has 45 heavy (non-hydrogen) atoms. The highest BCUT2D eigenvalue weighted by molar-refractivity contribution is 5.96. The lowest BCUT2D eigenvalue weighted by Crippen LogP contribution is -2.61. The first kappa shape index (κ1) is 38.4. The van der Waals surface area contributed by atoms with Gasteiger partial charge in [-0.1, -0.05) is 13.8 Å². The molecule has 0 saturated carbocycles. The van der Waals surface area contributed by atoms with Crippen molar-refractivity contribution in [2.24, 2.45) is 11.7 Å². The normalized spacial score (nSPS) is 15.7. The molecule has 0 aromatic carbocycles. The van der Waals surface area contributed by atoms with Crippen molar-refractivity contribution in [1.29, 1.82) is 0 Å². The van der Waals surface area contributed by atoms with Crippen molar-refractivity contribution < 1.29 is 48.9 Å². The van der Waals surface area contributed by atoms with Gasteiger partial charge in [-0.05, 0) is 26.7 Å². The second-order valence-corrected chi connectivity index (χ2v) is 10.7. The van der Waals surface area contributed by atoms with E-state index < -0.39 is 103 Å². The number of carboxylic acids is 1. The number of aliphatic hydroxyl groups excluding tert-OH is 2. The lowest BCUT2D eigenvalue weighted by Gasteiger charge is -2.28. The Bertz CT molecular complexity index is 1190. The molecule has 1 aromatic rings. The number of aromatic nitrogens is 2. The van der Waals surface area contributed by atoms with Crippen LogP contribution in [0.15, 0.2) is 12.5 Å². The van der Waals surface area contributed by atoms with Gasteiger partial charge in [-0.15, -0.1) is 0 Å². The number of H-pyrrole nitrogens is 1. The Morgan fingerprint density at radius 3 is 1.91 bits per heavy atom. The Morgan fingerprint density at radius 2 is 1.42 bits per heavy atom. The van der Waals surface area contributed by atoms with Gasteiger partial charge in [-0.25, -0.2) is 4.98 Å². The molecule has 0 radical (unpaired) electrons. The highest BCUT2D eigenvalue weighted by atomic mass is 16.4. The zero-order valence-corrected chi connectivity index (χ0v) is 25.6. The van der Waals surface area contributed by atoms with Crippen molar-refractivity contribution in [3.05, 3.63) is 18.2 Å². The van der Waals surface area contributed by atoms with Crippen LogP contribution in [0.4, 0.5) is 0 Å². The number of nitrogens with zero attached hydrogens (tertiary/aromatic N) is 1. The van der Waals surface area contributed by atoms with Crippen molar-refractivity contribution in [1.82, 2.24) is 41.9 Å². The molecule has 0 aliphatic heterocycles. The number of rotatable bonds is 18. The predicted octanol–water partition coefficient (Wildman–Crippen LogP) is -5.03. The van der Waals surface area contributed by atoms with Crippen LogP contribution in [0.25, 0.3) is 0 Å². The molecule has 0 aliphatic carbocycles. The minimum absolute atomic E-state index is 0.0170. The van der Waals surface area contributed by atoms with Gasteiger partial charge in [0.05, 0.1) is 31.6 Å². The van der Waals surface area contributed by atoms with Gasteiger partial charge < -0.3 is 57.9 Å². The van der Waals surface area contributed by atoms with Crippen molar-refractivity contribution in [2.45, 2.75) is 83.4 Å². The molecule has 0 saturated heterocycles. The fourth-order valence-electron chi connectivity index (χ4n) is 3.66. The number of amides is 6. The lowest BCUT2D eigenvalue weighted by molar-refractivity contribution is -0.142. The monoisotopic (exact) mass is 641 g/mol. The molecule has 0 spiro atoms. The van der Waals surface area contributed by atoms with E-state index in [9.17, 15) is 43.8 Å². The summed E-state index contributed by atoms with van der Waals surface area (Å²) >= 11 is 0. The summed E-state index contributed by atoms with van der Waals surface area (Å²) in [6, 6.07) is -7.84. The van der Waals surface area contributed by atoms with Gasteiger partial charge >= 0.3 is 5.97 Å². The van der Waals surface area contributed by atoms with Crippen LogP contribution in [0.5, 0.6) is 0 Å². The van der Waals surface area contributed by atoms with E-state index in [1.807, 2.05) is 0 Å². The molecule has 1 aromatic heterocycles. The maximum absolute atomic E-state index is 13.1. The first-order chi connectivity index (χ1) is 21.0. The summed E-state index contributed by atoms with van der Waals surface area (Å²) in [5.41, 5.74) is 6.11. The van der Waals surface area contributed by atoms with Gasteiger partial charge in [-0.2, -0.15) is 0 Å². The highest BCUT2D eigenvalue weighted by Crippen LogP contribution is 2.05. The Kier molecular flexibility index (Phi) is 15.6. The largest absolute Gasteiger partial charge is 0.480 e. The molecule has 12 N–H and O–H groups in total. The predicted molar refractivity (Wildman–Crippen MR) is 156 cm³/mol. The molecule has 19 nitrogen and oxygen atoms in total. The molecule has 1 rings (SSSR count). The van der Waals surface area contributed by atoms with Crippen LogP contribution < -0.4 is 37.6 Å². The summed E-state index contributed by atoms with van der Waals surface area (Å²) in [6.07, 6.45) is 1.35. The number of nitrogens with one attached hydrogen (secondary N) is 7. The third-order valence-electron chi connectivity index (χ3n) is 6.32. The number of hydrogen-bond acceptors (Lipinski definition) is 11. The van der Waals surface area contributed by atoms with Crippen LogP contribution in [0.3, 0.4) is 0 Å². The Balaban J connectivity index is 2.89. The zero-order valence-electron chi connectivity index (χ0n) is 25.6. The fraction of sp³-hybridized carbons (Fsp3) is 0.615. The van der Waals surface area contributed by atoms with Gasteiger partial charge in [0, 0.05) is 18.3 Å². The molecule has 0 unspecified atom stereocenters. The first-order valence-corrected chi connectivity index (χ1v) is 14.0. The number of hydrogen-bond donors (Lipinski definition) is 11. The number of imidazole rings is 1. The number of nitrogens with two attached hydrogens (primary N) is 1. The molecule has 252 valence electrons. The highest BCUT2D eigenvalue weighted by Gasteiger charge is 2.34. The van der Waals surface area contributed by atoms with E-state index in [1.54, 1.807) is 13.8 Å². The molecule has 19 heteroatoms. The van der Waals surface area contributed by atoms with Crippen LogP contribution in [-0.2, 0) is 40.0 Å². The fourth-order valence-corrected chi connectivity index (χ4v) is 3.66. The summed E-state index contributed by atoms with van der Waals surface area (Å²) < 4.78 is 0. The van der Waals surface area contributed by atoms with E-state index in [-0.39, 0.29) is 6.42 Å². The van der Waals surface area contributed by atoms with Gasteiger partial charge in [-0.3, -0.25) is 33.6 Å². The average Bonchev–Trinajstić information content (AvgIpc) is 3.47. The second kappa shape index (κ2) is 18.2. The summed E-state index contributed by atoms with van der Waals surface area (Å²) in [7, 11) is 0. The summed E-state index contributed by atoms with van der Waals surface area (Å²) in [5.74, 6) is -7.00. The third kappa shape index (κ3) is 12.9. The van der Waals surface area contributed by atoms with Crippen LogP contribution in [0.1, 0.15) is 40.3 Å². The molecule has 1 heterocycles. The lowest BCUT2D eigenvalue weighted by atomic mass is 10.0. The van der Waals surface area contributed by atoms with Gasteiger partial charge in [0.1, 0.15) is 30.2 Å². The standard InChI is InChI=1S/C26H43N9O10/c1-11(2)19(24(42)35-20(14(5)37)25(43)33-17(9-36)23(41)31-13(4)26(44)45)34-18(38)8-29-22(40)16(32-21(39)12(3)27)6-15-7-28-10-30-15/h7,10-14,16-17,19-20,36-37H,6,8-9,27H2,1-5H3,(H,28,30)(H,29,40)(H,31,41)(H,32,39)(H,33,43)(H,34,38)(H,35,42)(H,44,45)/t12-,13-,14+,16-,17-,19-,20-/m0/s1. The van der Waals surface area contributed by atoms with E-state index in [2.05, 4.69) is 41.9 Å². The van der Waals surface area contributed by atoms with Gasteiger partial charge in [0.25, 0.3) is 0 Å². The topological polar surface area (TPSA) is 307 Å². The number of carboxylic acid groups (broad SMARTS) is 1. The smallest absolute Gasteiger partial charge is 0.325 e. The van der Waals surface area contributed by atoms with Gasteiger partial charge in [0.15, 0.2) is 0 Å². The maximum atomic E-state index is 13.1. The van der Waals surface area contributed by atoms with Crippen LogP contribution in [0.2, 0.25) is 0 Å². The van der Waals surface area contributed by atoms with Crippen molar-refractivity contribution in [3.63, 3.8) is 0 Å². The first-order valence-electron chi connectivity index (χ1n) is 14.0. The number of aromatic amines is 1. The second-order valence-electron chi connectivity index (χ2n) is 10.7. The number of carbonyl (C=O) groups excluding carboxylic acids is 6. The molecule has 0 aliphatic rings. The molecular weight excluding hydrogens is 598 g/mol. The Morgan fingerprint density at radius 1 is 0.822 bits per heavy atom. The molecular formula is C26H43N9O10. The van der Waals surface area contributed by atoms with Crippen molar-refractivity contribution in [2.75, 3.05) is 13.2 Å². The average molecular weight is 642 g/mol. The van der Waals surface area contributed by atoms with E-state index in [4.69, 9.17) is 10.8 Å². The molecule has 6 amide bonds. The van der Waals surface area contributed by atoms with Crippen LogP contribution in [0, 0.1) is 5.92 Å². The van der Waals surface area contributed by atoms with E-state index in [0.717, 1.165) is 0 Å². The van der Waals surface area contributed by atoms with Crippen LogP contribution >= 0.6 is 0 Å². The number of carbonyl (C=O) groups is 7. The van der Waals surface area contributed by atoms with Gasteiger partial charge in [0.2, 0.25) is 35.4 Å². The Labute approximate surface area is 258 Å². The van der Waals surface area contributed by atoms with E-state index >= 15 is 0 Å². The van der Waals surface area contributed by atoms with E-state index in [1.165, 1.54) is 33.3 Å². The minimum Gasteiger partial charge on any atom is -0.480 e. The Hall–Kier alpha value is -4.62. The number of aliphatic carboxylic acids is 1. The molecule has 0 fully saturated rings. The quantitative estimate of drug-likeness (QED) is 0.0718. The summed E-state index contributed by atoms with van der Waals surface area (Å²) in [5, 5.41) is 42.5. The maximum Gasteiger partial charge on any atom is 0.325 e. The van der Waals surface area contributed by atoms with E-state index in [0.29, 0.717) is 5.69 Å². The van der Waals surface area contributed by atoms with Crippen molar-refractivity contribution >= 4 is 41.4 Å². The summed E-state index contributed by atoms with van der Waals surface area (Å²) in [4.78, 5) is 93.5. The SMILES string of the molecule is CC(C)[C@H](NC(=O)CNC(=O)[C@H](Cc1cnc[nH]1)NC(=O)[C@H](C)N)C(=O)N[C@H](C(=O)N[C@@H](CO)C(=O)N[C@@H](C)C(=O)O)[C@@H](C)O. The minimum atomic E-state index is -1.65. The third-order valence-corrected chi connectivity index (χ3v) is 6.32. The summed E-state index contributed by atoms with van der Waals surface area (Å²) in [6.45, 7) is 5.43. The zero-order chi connectivity index (χ0) is 34.4. The molecule has 7 atom stereocenters. The number of aliphatic hydroxyl groups is 2.